The zero-order chi connectivity index (χ0) is 15.2. The lowest BCUT2D eigenvalue weighted by atomic mass is 10.1. The zero-order valence-electron chi connectivity index (χ0n) is 12.1. The molecule has 0 aliphatic rings. The molecular weight excluding hydrogens is 276 g/mol. The fourth-order valence-corrected chi connectivity index (χ4v) is 2.28. The molecule has 1 amide bonds. The van der Waals surface area contributed by atoms with Crippen molar-refractivity contribution >= 4 is 21.6 Å². The Morgan fingerprint density at radius 2 is 1.80 bits per heavy atom. The maximum absolute atomic E-state index is 11.8. The summed E-state index contributed by atoms with van der Waals surface area (Å²) in [5, 5.41) is 2.84. The van der Waals surface area contributed by atoms with Crippen molar-refractivity contribution in [3.8, 4) is 0 Å². The van der Waals surface area contributed by atoms with Crippen LogP contribution in [0.4, 0.5) is 5.69 Å². The van der Waals surface area contributed by atoms with Crippen molar-refractivity contribution in [2.24, 2.45) is 5.92 Å². The molecule has 2 N–H and O–H groups in total. The minimum absolute atomic E-state index is 0.139. The molecule has 0 heterocycles. The number of sulfonamides is 1. The number of benzene rings is 1. The van der Waals surface area contributed by atoms with E-state index in [0.29, 0.717) is 23.7 Å². The molecule has 20 heavy (non-hydrogen) atoms. The van der Waals surface area contributed by atoms with E-state index in [4.69, 9.17) is 0 Å². The summed E-state index contributed by atoms with van der Waals surface area (Å²) < 4.78 is 24.5. The number of nitrogens with one attached hydrogen (secondary N) is 2. The van der Waals surface area contributed by atoms with Crippen molar-refractivity contribution in [1.29, 1.82) is 0 Å². The summed E-state index contributed by atoms with van der Waals surface area (Å²) in [7, 11) is -3.29. The van der Waals surface area contributed by atoms with E-state index in [1.165, 1.54) is 0 Å². The van der Waals surface area contributed by atoms with Gasteiger partial charge in [0.15, 0.2) is 0 Å². The molecular formula is C14H22N2O3S. The number of carbonyl (C=O) groups is 1. The van der Waals surface area contributed by atoms with Crippen molar-refractivity contribution in [1.82, 2.24) is 5.32 Å². The van der Waals surface area contributed by atoms with E-state index in [0.717, 1.165) is 19.1 Å². The molecule has 0 aromatic heterocycles. The minimum Gasteiger partial charge on any atom is -0.352 e. The Balaban J connectivity index is 2.49. The summed E-state index contributed by atoms with van der Waals surface area (Å²) in [5.41, 5.74) is 0.970. The Bertz CT molecular complexity index is 536. The van der Waals surface area contributed by atoms with E-state index in [2.05, 4.69) is 23.9 Å². The van der Waals surface area contributed by atoms with E-state index in [9.17, 15) is 13.2 Å². The fraction of sp³-hybridized carbons (Fsp3) is 0.500. The molecule has 0 aliphatic heterocycles. The van der Waals surface area contributed by atoms with E-state index in [1.54, 1.807) is 24.3 Å². The fourth-order valence-electron chi connectivity index (χ4n) is 1.72. The molecule has 0 aliphatic carbocycles. The van der Waals surface area contributed by atoms with Gasteiger partial charge in [-0.05, 0) is 43.0 Å². The van der Waals surface area contributed by atoms with Crippen LogP contribution in [0, 0.1) is 5.92 Å². The van der Waals surface area contributed by atoms with Gasteiger partial charge in [0.05, 0.1) is 6.26 Å². The number of amides is 1. The Morgan fingerprint density at radius 1 is 1.20 bits per heavy atom. The topological polar surface area (TPSA) is 75.3 Å². The Hall–Kier alpha value is -1.56. The molecule has 0 atom stereocenters. The van der Waals surface area contributed by atoms with Crippen molar-refractivity contribution in [2.45, 2.75) is 26.7 Å². The molecule has 1 aromatic carbocycles. The first-order valence-electron chi connectivity index (χ1n) is 6.64. The standard InChI is InChI=1S/C14H22N2O3S/c1-11(2)5-4-10-15-14(17)12-6-8-13(9-7-12)16-20(3,18)19/h6-9,11,16H,4-5,10H2,1-3H3,(H,15,17). The summed E-state index contributed by atoms with van der Waals surface area (Å²) >= 11 is 0. The lowest BCUT2D eigenvalue weighted by molar-refractivity contribution is 0.0952. The predicted molar refractivity (Wildman–Crippen MR) is 81.3 cm³/mol. The van der Waals surface area contributed by atoms with Gasteiger partial charge in [0.2, 0.25) is 10.0 Å². The van der Waals surface area contributed by atoms with Crippen LogP contribution < -0.4 is 10.0 Å². The Kier molecular flexibility index (Phi) is 6.01. The highest BCUT2D eigenvalue weighted by Crippen LogP contribution is 2.11. The number of rotatable bonds is 7. The maximum atomic E-state index is 11.8. The zero-order valence-corrected chi connectivity index (χ0v) is 13.0. The quantitative estimate of drug-likeness (QED) is 0.758. The second-order valence-electron chi connectivity index (χ2n) is 5.24. The van der Waals surface area contributed by atoms with Crippen LogP contribution in [0.25, 0.3) is 0 Å². The molecule has 0 unspecified atom stereocenters. The van der Waals surface area contributed by atoms with Gasteiger partial charge in [-0.25, -0.2) is 8.42 Å². The largest absolute Gasteiger partial charge is 0.352 e. The second kappa shape index (κ2) is 7.28. The third-order valence-electron chi connectivity index (χ3n) is 2.69. The predicted octanol–water partition coefficient (Wildman–Crippen LogP) is 2.22. The molecule has 0 spiro atoms. The smallest absolute Gasteiger partial charge is 0.251 e. The highest BCUT2D eigenvalue weighted by molar-refractivity contribution is 7.92. The van der Waals surface area contributed by atoms with Gasteiger partial charge >= 0.3 is 0 Å². The molecule has 1 aromatic rings. The molecule has 0 saturated carbocycles. The third-order valence-corrected chi connectivity index (χ3v) is 3.30. The minimum atomic E-state index is -3.29. The van der Waals surface area contributed by atoms with E-state index in [-0.39, 0.29) is 5.91 Å². The molecule has 0 bridgehead atoms. The second-order valence-corrected chi connectivity index (χ2v) is 6.99. The lowest BCUT2D eigenvalue weighted by Gasteiger charge is -2.08. The Labute approximate surface area is 120 Å². The summed E-state index contributed by atoms with van der Waals surface area (Å²) in [6.07, 6.45) is 3.12. The monoisotopic (exact) mass is 298 g/mol. The van der Waals surface area contributed by atoms with Crippen LogP contribution in [0.15, 0.2) is 24.3 Å². The molecule has 0 fully saturated rings. The number of hydrogen-bond acceptors (Lipinski definition) is 3. The van der Waals surface area contributed by atoms with Crippen molar-refractivity contribution in [2.75, 3.05) is 17.5 Å². The van der Waals surface area contributed by atoms with Crippen LogP contribution in [0.5, 0.6) is 0 Å². The highest BCUT2D eigenvalue weighted by atomic mass is 32.2. The third kappa shape index (κ3) is 6.56. The molecule has 6 heteroatoms. The number of hydrogen-bond donors (Lipinski definition) is 2. The molecule has 112 valence electrons. The van der Waals surface area contributed by atoms with Crippen molar-refractivity contribution < 1.29 is 13.2 Å². The Morgan fingerprint density at radius 3 is 2.30 bits per heavy atom. The van der Waals surface area contributed by atoms with E-state index < -0.39 is 10.0 Å². The summed E-state index contributed by atoms with van der Waals surface area (Å²) in [6, 6.07) is 6.35. The molecule has 1 rings (SSSR count). The summed E-state index contributed by atoms with van der Waals surface area (Å²) in [4.78, 5) is 11.8. The van der Waals surface area contributed by atoms with Gasteiger partial charge in [-0.15, -0.1) is 0 Å². The average molecular weight is 298 g/mol. The number of carbonyl (C=O) groups excluding carboxylic acids is 1. The molecule has 5 nitrogen and oxygen atoms in total. The lowest BCUT2D eigenvalue weighted by Crippen LogP contribution is -2.24. The van der Waals surface area contributed by atoms with Crippen LogP contribution in [-0.4, -0.2) is 27.1 Å². The van der Waals surface area contributed by atoms with Gasteiger partial charge in [0, 0.05) is 17.8 Å². The van der Waals surface area contributed by atoms with Gasteiger partial charge in [0.25, 0.3) is 5.91 Å². The summed E-state index contributed by atoms with van der Waals surface area (Å²) in [6.45, 7) is 4.95. The molecule has 0 saturated heterocycles. The van der Waals surface area contributed by atoms with Crippen molar-refractivity contribution in [3.05, 3.63) is 29.8 Å². The molecule has 0 radical (unpaired) electrons. The normalized spacial score (nSPS) is 11.4. The van der Waals surface area contributed by atoms with E-state index >= 15 is 0 Å². The van der Waals surface area contributed by atoms with Crippen LogP contribution in [0.2, 0.25) is 0 Å². The maximum Gasteiger partial charge on any atom is 0.251 e. The SMILES string of the molecule is CC(C)CCCNC(=O)c1ccc(NS(C)(=O)=O)cc1. The average Bonchev–Trinajstić information content (AvgIpc) is 2.33. The highest BCUT2D eigenvalue weighted by Gasteiger charge is 2.06. The summed E-state index contributed by atoms with van der Waals surface area (Å²) in [5.74, 6) is 0.493. The first-order valence-corrected chi connectivity index (χ1v) is 8.53. The van der Waals surface area contributed by atoms with Gasteiger partial charge in [-0.2, -0.15) is 0 Å². The van der Waals surface area contributed by atoms with Crippen LogP contribution >= 0.6 is 0 Å². The number of anilines is 1. The van der Waals surface area contributed by atoms with Gasteiger partial charge in [0.1, 0.15) is 0 Å². The van der Waals surface area contributed by atoms with Gasteiger partial charge in [-0.1, -0.05) is 13.8 Å². The van der Waals surface area contributed by atoms with Gasteiger partial charge in [-0.3, -0.25) is 9.52 Å². The van der Waals surface area contributed by atoms with Crippen molar-refractivity contribution in [3.63, 3.8) is 0 Å². The van der Waals surface area contributed by atoms with Gasteiger partial charge < -0.3 is 5.32 Å². The first-order chi connectivity index (χ1) is 9.28. The van der Waals surface area contributed by atoms with Crippen LogP contribution in [0.1, 0.15) is 37.0 Å². The van der Waals surface area contributed by atoms with Crippen LogP contribution in [0.3, 0.4) is 0 Å². The first kappa shape index (κ1) is 16.5. The van der Waals surface area contributed by atoms with E-state index in [1.807, 2.05) is 0 Å². The van der Waals surface area contributed by atoms with Crippen LogP contribution in [-0.2, 0) is 10.0 Å².